The molecule has 0 radical (unpaired) electrons. The minimum absolute atomic E-state index is 0.116. The summed E-state index contributed by atoms with van der Waals surface area (Å²) in [5.41, 5.74) is 2.30. The molecule has 1 aliphatic rings. The van der Waals surface area contributed by atoms with Crippen molar-refractivity contribution in [1.29, 1.82) is 0 Å². The van der Waals surface area contributed by atoms with Crippen molar-refractivity contribution in [3.05, 3.63) is 35.4 Å². The number of allylic oxidation sites excluding steroid dienone is 1. The van der Waals surface area contributed by atoms with Crippen LogP contribution in [0, 0.1) is 12.3 Å². The Balaban J connectivity index is 1.74. The summed E-state index contributed by atoms with van der Waals surface area (Å²) in [6.45, 7) is 11.5. The van der Waals surface area contributed by atoms with Crippen LogP contribution >= 0.6 is 0 Å². The summed E-state index contributed by atoms with van der Waals surface area (Å²) in [4.78, 5) is 0. The van der Waals surface area contributed by atoms with Gasteiger partial charge in [0.1, 0.15) is 30.3 Å². The van der Waals surface area contributed by atoms with Crippen LogP contribution in [0.4, 0.5) is 0 Å². The highest BCUT2D eigenvalue weighted by Gasteiger charge is 2.30. The summed E-state index contributed by atoms with van der Waals surface area (Å²) in [6, 6.07) is 6.13. The zero-order valence-electron chi connectivity index (χ0n) is 16.9. The maximum absolute atomic E-state index is 5.96. The molecule has 2 rings (SSSR count). The number of terminal acetylenes is 1. The summed E-state index contributed by atoms with van der Waals surface area (Å²) in [5, 5.41) is 0. The molecule has 1 aromatic rings. The molecule has 1 aromatic carbocycles. The van der Waals surface area contributed by atoms with E-state index in [4.69, 9.17) is 20.6 Å². The second kappa shape index (κ2) is 8.64. The normalized spacial score (nSPS) is 15.9. The van der Waals surface area contributed by atoms with Crippen molar-refractivity contribution in [3.63, 3.8) is 0 Å². The SMILES string of the molecule is C#CCOC(C)(C)CCCC(C)=CCOc1ccc2c(c1)OC(C)(C)C2. The molecule has 0 N–H and O–H groups in total. The van der Waals surface area contributed by atoms with Gasteiger partial charge in [0.2, 0.25) is 0 Å². The largest absolute Gasteiger partial charge is 0.489 e. The molecule has 0 unspecified atom stereocenters. The average Bonchev–Trinajstić information content (AvgIpc) is 2.86. The fourth-order valence-corrected chi connectivity index (χ4v) is 3.14. The summed E-state index contributed by atoms with van der Waals surface area (Å²) in [7, 11) is 0. The molecule has 0 saturated carbocycles. The Morgan fingerprint density at radius 1 is 1.38 bits per heavy atom. The molecule has 0 saturated heterocycles. The van der Waals surface area contributed by atoms with Crippen LogP contribution in [0.5, 0.6) is 11.5 Å². The topological polar surface area (TPSA) is 27.7 Å². The number of hydrogen-bond acceptors (Lipinski definition) is 3. The predicted octanol–water partition coefficient (Wildman–Crippen LogP) is 5.32. The molecule has 0 bridgehead atoms. The highest BCUT2D eigenvalue weighted by atomic mass is 16.5. The zero-order valence-corrected chi connectivity index (χ0v) is 16.9. The Hall–Kier alpha value is -1.92. The number of ether oxygens (including phenoxy) is 3. The number of fused-ring (bicyclic) bond motifs is 1. The van der Waals surface area contributed by atoms with Crippen LogP contribution in [0.3, 0.4) is 0 Å². The smallest absolute Gasteiger partial charge is 0.127 e. The van der Waals surface area contributed by atoms with E-state index in [9.17, 15) is 0 Å². The molecule has 0 aliphatic carbocycles. The molecule has 1 heterocycles. The summed E-state index contributed by atoms with van der Waals surface area (Å²) in [6.07, 6.45) is 11.4. The quantitative estimate of drug-likeness (QED) is 0.442. The summed E-state index contributed by atoms with van der Waals surface area (Å²) >= 11 is 0. The second-order valence-corrected chi connectivity index (χ2v) is 8.28. The molecule has 3 nitrogen and oxygen atoms in total. The fourth-order valence-electron chi connectivity index (χ4n) is 3.14. The van der Waals surface area contributed by atoms with E-state index in [1.807, 2.05) is 12.1 Å². The van der Waals surface area contributed by atoms with E-state index < -0.39 is 0 Å². The number of benzene rings is 1. The van der Waals surface area contributed by atoms with Gasteiger partial charge in [0.25, 0.3) is 0 Å². The Kier molecular flexibility index (Phi) is 6.78. The van der Waals surface area contributed by atoms with Gasteiger partial charge in [-0.15, -0.1) is 6.42 Å². The van der Waals surface area contributed by atoms with E-state index in [-0.39, 0.29) is 11.2 Å². The first kappa shape index (κ1) is 20.4. The Morgan fingerprint density at radius 2 is 2.15 bits per heavy atom. The molecule has 3 heteroatoms. The van der Waals surface area contributed by atoms with Gasteiger partial charge in [0, 0.05) is 12.5 Å². The van der Waals surface area contributed by atoms with Crippen LogP contribution in [0.15, 0.2) is 29.8 Å². The summed E-state index contributed by atoms with van der Waals surface area (Å²) < 4.78 is 17.5. The van der Waals surface area contributed by atoms with Crippen LogP contribution in [0.2, 0.25) is 0 Å². The lowest BCUT2D eigenvalue weighted by Gasteiger charge is -2.24. The molecular formula is C23H32O3. The highest BCUT2D eigenvalue weighted by Crippen LogP contribution is 2.37. The van der Waals surface area contributed by atoms with Gasteiger partial charge >= 0.3 is 0 Å². The van der Waals surface area contributed by atoms with Crippen LogP contribution in [0.1, 0.15) is 59.4 Å². The molecule has 0 atom stereocenters. The standard InChI is InChI=1S/C23H32O3/c1-7-14-25-22(3,4)13-8-9-18(2)12-15-24-20-11-10-19-17-23(5,6)26-21(19)16-20/h1,10-12,16H,8-9,13-15,17H2,2-6H3. The van der Waals surface area contributed by atoms with Crippen LogP contribution in [-0.2, 0) is 11.2 Å². The molecule has 0 aromatic heterocycles. The monoisotopic (exact) mass is 356 g/mol. The summed E-state index contributed by atoms with van der Waals surface area (Å²) in [5.74, 6) is 4.33. The molecule has 1 aliphatic heterocycles. The molecular weight excluding hydrogens is 324 g/mol. The third-order valence-electron chi connectivity index (χ3n) is 4.62. The Morgan fingerprint density at radius 3 is 2.88 bits per heavy atom. The fraction of sp³-hybridized carbons (Fsp3) is 0.565. The minimum Gasteiger partial charge on any atom is -0.489 e. The van der Waals surface area contributed by atoms with Crippen molar-refractivity contribution in [2.75, 3.05) is 13.2 Å². The predicted molar refractivity (Wildman–Crippen MR) is 107 cm³/mol. The van der Waals surface area contributed by atoms with Gasteiger partial charge in [-0.3, -0.25) is 0 Å². The molecule has 0 amide bonds. The molecule has 0 spiro atoms. The van der Waals surface area contributed by atoms with Crippen molar-refractivity contribution in [3.8, 4) is 23.8 Å². The molecule has 0 fully saturated rings. The van der Waals surface area contributed by atoms with Crippen molar-refractivity contribution < 1.29 is 14.2 Å². The van der Waals surface area contributed by atoms with E-state index in [0.717, 1.165) is 37.2 Å². The van der Waals surface area contributed by atoms with Crippen molar-refractivity contribution in [1.82, 2.24) is 0 Å². The van der Waals surface area contributed by atoms with Gasteiger partial charge in [-0.1, -0.05) is 17.6 Å². The van der Waals surface area contributed by atoms with Crippen LogP contribution in [0.25, 0.3) is 0 Å². The zero-order chi connectivity index (χ0) is 19.2. The first-order valence-electron chi connectivity index (χ1n) is 9.39. The lowest BCUT2D eigenvalue weighted by atomic mass is 9.99. The van der Waals surface area contributed by atoms with Gasteiger partial charge in [-0.05, 0) is 71.6 Å². The Labute approximate surface area is 158 Å². The number of hydrogen-bond donors (Lipinski definition) is 0. The lowest BCUT2D eigenvalue weighted by molar-refractivity contribution is -0.00564. The van der Waals surface area contributed by atoms with Crippen LogP contribution in [-0.4, -0.2) is 24.4 Å². The first-order chi connectivity index (χ1) is 12.2. The van der Waals surface area contributed by atoms with Gasteiger partial charge in [0.05, 0.1) is 5.60 Å². The van der Waals surface area contributed by atoms with E-state index in [1.165, 1.54) is 11.1 Å². The minimum atomic E-state index is -0.165. The Bertz CT molecular complexity index is 677. The second-order valence-electron chi connectivity index (χ2n) is 8.28. The number of rotatable bonds is 9. The first-order valence-corrected chi connectivity index (χ1v) is 9.39. The average molecular weight is 357 g/mol. The third kappa shape index (κ3) is 6.42. The van der Waals surface area contributed by atoms with E-state index in [0.29, 0.717) is 13.2 Å². The van der Waals surface area contributed by atoms with Gasteiger partial charge in [-0.25, -0.2) is 0 Å². The third-order valence-corrected chi connectivity index (χ3v) is 4.62. The van der Waals surface area contributed by atoms with Crippen molar-refractivity contribution >= 4 is 0 Å². The highest BCUT2D eigenvalue weighted by molar-refractivity contribution is 5.44. The van der Waals surface area contributed by atoms with E-state index >= 15 is 0 Å². The van der Waals surface area contributed by atoms with Gasteiger partial charge in [0.15, 0.2) is 0 Å². The maximum Gasteiger partial charge on any atom is 0.127 e. The van der Waals surface area contributed by atoms with E-state index in [1.54, 1.807) is 0 Å². The van der Waals surface area contributed by atoms with Gasteiger partial charge in [-0.2, -0.15) is 0 Å². The molecule has 142 valence electrons. The maximum atomic E-state index is 5.96. The lowest BCUT2D eigenvalue weighted by Crippen LogP contribution is -2.24. The van der Waals surface area contributed by atoms with Crippen molar-refractivity contribution in [2.24, 2.45) is 0 Å². The van der Waals surface area contributed by atoms with E-state index in [2.05, 4.69) is 52.7 Å². The van der Waals surface area contributed by atoms with Crippen molar-refractivity contribution in [2.45, 2.75) is 71.5 Å². The van der Waals surface area contributed by atoms with Gasteiger partial charge < -0.3 is 14.2 Å². The van der Waals surface area contributed by atoms with Crippen LogP contribution < -0.4 is 9.47 Å². The molecule has 26 heavy (non-hydrogen) atoms.